The molecule has 0 saturated carbocycles. The minimum absolute atomic E-state index is 0.463. The van der Waals surface area contributed by atoms with Crippen molar-refractivity contribution < 1.29 is 0 Å². The molecule has 3 rings (SSSR count). The number of halogens is 1. The van der Waals surface area contributed by atoms with Crippen molar-refractivity contribution in [3.63, 3.8) is 0 Å². The van der Waals surface area contributed by atoms with E-state index in [2.05, 4.69) is 26.1 Å². The minimum Gasteiger partial charge on any atom is -0.298 e. The maximum absolute atomic E-state index is 5.95. The highest BCUT2D eigenvalue weighted by Gasteiger charge is 2.26. The van der Waals surface area contributed by atoms with Crippen LogP contribution < -0.4 is 0 Å². The molecule has 18 heavy (non-hydrogen) atoms. The second-order valence-electron chi connectivity index (χ2n) is 4.71. The number of aryl methyl sites for hydroxylation is 1. The van der Waals surface area contributed by atoms with Gasteiger partial charge in [-0.25, -0.2) is 4.98 Å². The molecule has 0 spiro atoms. The van der Waals surface area contributed by atoms with Crippen LogP contribution in [-0.2, 0) is 6.54 Å². The lowest BCUT2D eigenvalue weighted by molar-refractivity contribution is 0.329. The molecule has 2 aromatic heterocycles. The fraction of sp³-hybridized carbons (Fsp3) is 0.500. The Morgan fingerprint density at radius 2 is 2.44 bits per heavy atom. The molecule has 2 aromatic rings. The van der Waals surface area contributed by atoms with Gasteiger partial charge in [0.05, 0.1) is 4.34 Å². The SMILES string of the molecule is Cc1nc([C@H]2CCN(Cc3ccc(Cl)s3)C2)n[nH]1. The first-order valence-corrected chi connectivity index (χ1v) is 7.25. The third-order valence-electron chi connectivity index (χ3n) is 3.26. The molecule has 1 atom stereocenters. The van der Waals surface area contributed by atoms with Gasteiger partial charge in [-0.2, -0.15) is 5.10 Å². The molecule has 1 aliphatic heterocycles. The summed E-state index contributed by atoms with van der Waals surface area (Å²) >= 11 is 7.61. The standard InChI is InChI=1S/C12H15ClN4S/c1-8-14-12(16-15-8)9-4-5-17(6-9)7-10-2-3-11(13)18-10/h2-3,9H,4-7H2,1H3,(H,14,15,16)/t9-/m0/s1. The van der Waals surface area contributed by atoms with Crippen molar-refractivity contribution in [1.82, 2.24) is 20.1 Å². The van der Waals surface area contributed by atoms with E-state index >= 15 is 0 Å². The molecule has 96 valence electrons. The molecule has 0 amide bonds. The Morgan fingerprint density at radius 3 is 3.11 bits per heavy atom. The highest BCUT2D eigenvalue weighted by atomic mass is 35.5. The average Bonchev–Trinajstić information content (AvgIpc) is 3.01. The van der Waals surface area contributed by atoms with E-state index in [0.29, 0.717) is 5.92 Å². The molecular weight excluding hydrogens is 268 g/mol. The second-order valence-corrected chi connectivity index (χ2v) is 6.51. The quantitative estimate of drug-likeness (QED) is 0.941. The van der Waals surface area contributed by atoms with E-state index in [1.807, 2.05) is 13.0 Å². The van der Waals surface area contributed by atoms with Crippen molar-refractivity contribution in [3.05, 3.63) is 33.0 Å². The minimum atomic E-state index is 0.463. The Kier molecular flexibility index (Phi) is 3.37. The smallest absolute Gasteiger partial charge is 0.155 e. The summed E-state index contributed by atoms with van der Waals surface area (Å²) in [6, 6.07) is 4.07. The van der Waals surface area contributed by atoms with E-state index in [-0.39, 0.29) is 0 Å². The van der Waals surface area contributed by atoms with Gasteiger partial charge in [0.15, 0.2) is 5.82 Å². The molecule has 0 unspecified atom stereocenters. The number of H-pyrrole nitrogens is 1. The van der Waals surface area contributed by atoms with Crippen LogP contribution in [0.1, 0.15) is 28.9 Å². The summed E-state index contributed by atoms with van der Waals surface area (Å²) in [5.74, 6) is 2.32. The van der Waals surface area contributed by atoms with Gasteiger partial charge in [0, 0.05) is 23.9 Å². The Morgan fingerprint density at radius 1 is 1.56 bits per heavy atom. The molecule has 0 aliphatic carbocycles. The van der Waals surface area contributed by atoms with Crippen LogP contribution in [0.2, 0.25) is 4.34 Å². The lowest BCUT2D eigenvalue weighted by atomic mass is 10.1. The van der Waals surface area contributed by atoms with E-state index in [1.165, 1.54) is 4.88 Å². The first kappa shape index (κ1) is 12.1. The number of nitrogens with zero attached hydrogens (tertiary/aromatic N) is 3. The maximum atomic E-state index is 5.95. The largest absolute Gasteiger partial charge is 0.298 e. The summed E-state index contributed by atoms with van der Waals surface area (Å²) in [5.41, 5.74) is 0. The Balaban J connectivity index is 1.61. The summed E-state index contributed by atoms with van der Waals surface area (Å²) in [7, 11) is 0. The Hall–Kier alpha value is -0.910. The van der Waals surface area contributed by atoms with E-state index in [4.69, 9.17) is 11.6 Å². The molecule has 0 radical (unpaired) electrons. The van der Waals surface area contributed by atoms with Crippen LogP contribution in [0, 0.1) is 6.92 Å². The number of likely N-dealkylation sites (tertiary alicyclic amines) is 1. The Bertz CT molecular complexity index is 536. The van der Waals surface area contributed by atoms with Gasteiger partial charge < -0.3 is 0 Å². The summed E-state index contributed by atoms with van der Waals surface area (Å²) in [4.78, 5) is 8.20. The zero-order valence-corrected chi connectivity index (χ0v) is 11.8. The summed E-state index contributed by atoms with van der Waals surface area (Å²) in [6.45, 7) is 5.06. The fourth-order valence-electron chi connectivity index (χ4n) is 2.39. The molecule has 1 N–H and O–H groups in total. The predicted molar refractivity (Wildman–Crippen MR) is 73.1 cm³/mol. The molecule has 3 heterocycles. The van der Waals surface area contributed by atoms with Gasteiger partial charge in [-0.15, -0.1) is 11.3 Å². The molecular formula is C12H15ClN4S. The van der Waals surface area contributed by atoms with Crippen LogP contribution in [-0.4, -0.2) is 33.2 Å². The van der Waals surface area contributed by atoms with Crippen molar-refractivity contribution in [2.24, 2.45) is 0 Å². The molecule has 6 heteroatoms. The average molecular weight is 283 g/mol. The van der Waals surface area contributed by atoms with Gasteiger partial charge in [0.25, 0.3) is 0 Å². The Labute approximate surface area is 115 Å². The van der Waals surface area contributed by atoms with Crippen LogP contribution >= 0.6 is 22.9 Å². The number of aromatic nitrogens is 3. The number of rotatable bonds is 3. The van der Waals surface area contributed by atoms with Gasteiger partial charge in [-0.3, -0.25) is 10.00 Å². The number of thiophene rings is 1. The molecule has 0 bridgehead atoms. The lowest BCUT2D eigenvalue weighted by Crippen LogP contribution is -2.19. The molecule has 1 fully saturated rings. The second kappa shape index (κ2) is 4.99. The third kappa shape index (κ3) is 2.58. The molecule has 1 aliphatic rings. The van der Waals surface area contributed by atoms with Crippen LogP contribution in [0.25, 0.3) is 0 Å². The third-order valence-corrected chi connectivity index (χ3v) is 4.48. The zero-order valence-electron chi connectivity index (χ0n) is 10.2. The van der Waals surface area contributed by atoms with E-state index < -0.39 is 0 Å². The summed E-state index contributed by atoms with van der Waals surface area (Å²) in [5, 5.41) is 7.18. The lowest BCUT2D eigenvalue weighted by Gasteiger charge is -2.13. The first-order chi connectivity index (χ1) is 8.70. The monoisotopic (exact) mass is 282 g/mol. The van der Waals surface area contributed by atoms with Gasteiger partial charge in [-0.1, -0.05) is 11.6 Å². The van der Waals surface area contributed by atoms with Gasteiger partial charge in [0.1, 0.15) is 5.82 Å². The number of aromatic amines is 1. The van der Waals surface area contributed by atoms with Crippen molar-refractivity contribution >= 4 is 22.9 Å². The molecule has 4 nitrogen and oxygen atoms in total. The van der Waals surface area contributed by atoms with Crippen LogP contribution in [0.15, 0.2) is 12.1 Å². The van der Waals surface area contributed by atoms with Crippen molar-refractivity contribution in [2.45, 2.75) is 25.8 Å². The van der Waals surface area contributed by atoms with Crippen molar-refractivity contribution in [2.75, 3.05) is 13.1 Å². The summed E-state index contributed by atoms with van der Waals surface area (Å²) < 4.78 is 0.866. The van der Waals surface area contributed by atoms with Gasteiger partial charge in [0.2, 0.25) is 0 Å². The topological polar surface area (TPSA) is 44.8 Å². The molecule has 0 aromatic carbocycles. The maximum Gasteiger partial charge on any atom is 0.155 e. The number of hydrogen-bond donors (Lipinski definition) is 1. The predicted octanol–water partition coefficient (Wildman–Crippen LogP) is 2.82. The highest BCUT2D eigenvalue weighted by Crippen LogP contribution is 2.28. The van der Waals surface area contributed by atoms with Crippen LogP contribution in [0.5, 0.6) is 0 Å². The molecule has 1 saturated heterocycles. The van der Waals surface area contributed by atoms with Crippen LogP contribution in [0.3, 0.4) is 0 Å². The number of nitrogens with one attached hydrogen (secondary N) is 1. The first-order valence-electron chi connectivity index (χ1n) is 6.06. The van der Waals surface area contributed by atoms with Gasteiger partial charge in [-0.05, 0) is 32.0 Å². The van der Waals surface area contributed by atoms with E-state index in [1.54, 1.807) is 11.3 Å². The normalized spacial score (nSPS) is 20.7. The van der Waals surface area contributed by atoms with Crippen LogP contribution in [0.4, 0.5) is 0 Å². The van der Waals surface area contributed by atoms with Gasteiger partial charge >= 0.3 is 0 Å². The fourth-order valence-corrected chi connectivity index (χ4v) is 3.52. The van der Waals surface area contributed by atoms with E-state index in [9.17, 15) is 0 Å². The van der Waals surface area contributed by atoms with E-state index in [0.717, 1.165) is 42.0 Å². The van der Waals surface area contributed by atoms with Crippen molar-refractivity contribution in [1.29, 1.82) is 0 Å². The van der Waals surface area contributed by atoms with Crippen molar-refractivity contribution in [3.8, 4) is 0 Å². The highest BCUT2D eigenvalue weighted by molar-refractivity contribution is 7.16. The summed E-state index contributed by atoms with van der Waals surface area (Å²) in [6.07, 6.45) is 1.14. The number of hydrogen-bond acceptors (Lipinski definition) is 4. The zero-order chi connectivity index (χ0) is 12.5.